The van der Waals surface area contributed by atoms with Crippen molar-refractivity contribution in [3.63, 3.8) is 0 Å². The lowest BCUT2D eigenvalue weighted by Gasteiger charge is -2.39. The van der Waals surface area contributed by atoms with E-state index in [0.29, 0.717) is 31.4 Å². The van der Waals surface area contributed by atoms with Crippen molar-refractivity contribution in [3.8, 4) is 0 Å². The molecule has 6 rings (SSSR count). The van der Waals surface area contributed by atoms with E-state index < -0.39 is 34.6 Å². The number of hydrogen-bond acceptors (Lipinski definition) is 6. The predicted molar refractivity (Wildman–Crippen MR) is 139 cm³/mol. The Bertz CT molecular complexity index is 1520. The average molecular weight is 541 g/mol. The quantitative estimate of drug-likeness (QED) is 0.515. The number of rotatable bonds is 5. The molecule has 2 N–H and O–H groups in total. The molecule has 39 heavy (non-hydrogen) atoms. The number of halogens is 2. The standard InChI is InChI=1S/C28H30F2N4O5/c29-18-2-4-24-22(14-18)26(36)32-27(37)34(24)15-17-1-3-23(30)21(13-17)25(35)31-19-7-10-33(16-19)20-5-8-28(9-6-20)38-11-12-39-28/h1-4,13-14,19-20H,5-12,15-16H2,(H,31,35)(H,32,36,37). The number of likely N-dealkylation sites (tertiary alicyclic amines) is 1. The molecule has 3 aliphatic rings. The highest BCUT2D eigenvalue weighted by atomic mass is 19.1. The Kier molecular flexibility index (Phi) is 6.82. The lowest BCUT2D eigenvalue weighted by atomic mass is 9.89. The van der Waals surface area contributed by atoms with Gasteiger partial charge in [0, 0.05) is 38.0 Å². The van der Waals surface area contributed by atoms with E-state index in [0.717, 1.165) is 50.8 Å². The van der Waals surface area contributed by atoms with Crippen LogP contribution in [-0.2, 0) is 16.0 Å². The van der Waals surface area contributed by atoms with Crippen LogP contribution < -0.4 is 16.6 Å². The normalized spacial score (nSPS) is 21.6. The van der Waals surface area contributed by atoms with Crippen LogP contribution in [0.1, 0.15) is 48.0 Å². The number of aromatic nitrogens is 2. The summed E-state index contributed by atoms with van der Waals surface area (Å²) in [7, 11) is 0. The van der Waals surface area contributed by atoms with Gasteiger partial charge < -0.3 is 14.8 Å². The number of nitrogens with zero attached hydrogens (tertiary/aromatic N) is 2. The Morgan fingerprint density at radius 3 is 2.59 bits per heavy atom. The Hall–Kier alpha value is -3.41. The summed E-state index contributed by atoms with van der Waals surface area (Å²) in [5.74, 6) is -2.19. The monoisotopic (exact) mass is 540 g/mol. The second-order valence-corrected chi connectivity index (χ2v) is 10.6. The van der Waals surface area contributed by atoms with Gasteiger partial charge in [-0.15, -0.1) is 0 Å². The van der Waals surface area contributed by atoms with Crippen LogP contribution in [0.15, 0.2) is 46.0 Å². The lowest BCUT2D eigenvalue weighted by molar-refractivity contribution is -0.183. The van der Waals surface area contributed by atoms with Gasteiger partial charge in [-0.05, 0) is 55.2 Å². The van der Waals surface area contributed by atoms with Crippen LogP contribution in [0.4, 0.5) is 8.78 Å². The molecular formula is C28H30F2N4O5. The van der Waals surface area contributed by atoms with Crippen molar-refractivity contribution in [2.45, 2.75) is 56.5 Å². The molecule has 1 saturated carbocycles. The van der Waals surface area contributed by atoms with Crippen LogP contribution in [0.5, 0.6) is 0 Å². The molecule has 2 aliphatic heterocycles. The third kappa shape index (κ3) is 5.13. The number of amides is 1. The van der Waals surface area contributed by atoms with Crippen molar-refractivity contribution in [1.82, 2.24) is 19.8 Å². The number of H-pyrrole nitrogens is 1. The summed E-state index contributed by atoms with van der Waals surface area (Å²) in [6.07, 6.45) is 4.46. The van der Waals surface area contributed by atoms with E-state index >= 15 is 0 Å². The predicted octanol–water partition coefficient (Wildman–Crippen LogP) is 2.51. The molecule has 11 heteroatoms. The van der Waals surface area contributed by atoms with Gasteiger partial charge >= 0.3 is 5.69 Å². The zero-order valence-electron chi connectivity index (χ0n) is 21.4. The zero-order valence-corrected chi connectivity index (χ0v) is 21.4. The van der Waals surface area contributed by atoms with E-state index in [-0.39, 0.29) is 29.1 Å². The van der Waals surface area contributed by atoms with Crippen molar-refractivity contribution in [1.29, 1.82) is 0 Å². The first-order valence-electron chi connectivity index (χ1n) is 13.3. The molecule has 9 nitrogen and oxygen atoms in total. The summed E-state index contributed by atoms with van der Waals surface area (Å²) < 4.78 is 41.3. The maximum Gasteiger partial charge on any atom is 0.329 e. The number of fused-ring (bicyclic) bond motifs is 1. The molecule has 1 amide bonds. The number of benzene rings is 2. The number of nitrogens with one attached hydrogen (secondary N) is 2. The van der Waals surface area contributed by atoms with E-state index in [1.807, 2.05) is 0 Å². The van der Waals surface area contributed by atoms with Crippen molar-refractivity contribution < 1.29 is 23.0 Å². The Balaban J connectivity index is 1.13. The Labute approximate surface area is 222 Å². The lowest BCUT2D eigenvalue weighted by Crippen LogP contribution is -2.45. The molecular weight excluding hydrogens is 510 g/mol. The molecule has 2 saturated heterocycles. The van der Waals surface area contributed by atoms with Crippen LogP contribution in [0.2, 0.25) is 0 Å². The Morgan fingerprint density at radius 1 is 1.05 bits per heavy atom. The fraction of sp³-hybridized carbons (Fsp3) is 0.464. The number of carbonyl (C=O) groups excluding carboxylic acids is 1. The van der Waals surface area contributed by atoms with Crippen molar-refractivity contribution in [2.75, 3.05) is 26.3 Å². The van der Waals surface area contributed by atoms with Gasteiger partial charge in [0.2, 0.25) is 0 Å². The average Bonchev–Trinajstić information content (AvgIpc) is 3.58. The minimum Gasteiger partial charge on any atom is -0.348 e. The summed E-state index contributed by atoms with van der Waals surface area (Å²) >= 11 is 0. The number of carbonyl (C=O) groups is 1. The minimum absolute atomic E-state index is 0.0249. The van der Waals surface area contributed by atoms with Crippen LogP contribution in [0.3, 0.4) is 0 Å². The Morgan fingerprint density at radius 2 is 1.82 bits per heavy atom. The first-order valence-corrected chi connectivity index (χ1v) is 13.3. The minimum atomic E-state index is -0.691. The van der Waals surface area contributed by atoms with E-state index in [2.05, 4.69) is 15.2 Å². The van der Waals surface area contributed by atoms with Crippen LogP contribution >= 0.6 is 0 Å². The highest BCUT2D eigenvalue weighted by molar-refractivity contribution is 5.95. The van der Waals surface area contributed by atoms with Crippen molar-refractivity contribution in [2.24, 2.45) is 0 Å². The molecule has 0 bridgehead atoms. The zero-order chi connectivity index (χ0) is 27.1. The highest BCUT2D eigenvalue weighted by Crippen LogP contribution is 2.38. The molecule has 1 spiro atoms. The van der Waals surface area contributed by atoms with Gasteiger partial charge in [-0.1, -0.05) is 6.07 Å². The summed E-state index contributed by atoms with van der Waals surface area (Å²) in [5.41, 5.74) is -0.759. The van der Waals surface area contributed by atoms with Crippen LogP contribution in [0, 0.1) is 11.6 Å². The van der Waals surface area contributed by atoms with Gasteiger partial charge in [0.25, 0.3) is 11.5 Å². The van der Waals surface area contributed by atoms with Gasteiger partial charge in [-0.2, -0.15) is 0 Å². The van der Waals surface area contributed by atoms with Gasteiger partial charge in [0.15, 0.2) is 5.79 Å². The maximum atomic E-state index is 14.7. The molecule has 1 unspecified atom stereocenters. The summed E-state index contributed by atoms with van der Waals surface area (Å²) in [6, 6.07) is 7.95. The third-order valence-corrected chi connectivity index (χ3v) is 8.18. The molecule has 3 fully saturated rings. The molecule has 3 aromatic rings. The van der Waals surface area contributed by atoms with E-state index in [1.54, 1.807) is 0 Å². The second-order valence-electron chi connectivity index (χ2n) is 10.6. The van der Waals surface area contributed by atoms with Gasteiger partial charge in [0.1, 0.15) is 11.6 Å². The number of ether oxygens (including phenoxy) is 2. The van der Waals surface area contributed by atoms with E-state index in [9.17, 15) is 23.2 Å². The van der Waals surface area contributed by atoms with Crippen molar-refractivity contribution in [3.05, 3.63) is 80.0 Å². The second kappa shape index (κ2) is 10.3. The van der Waals surface area contributed by atoms with Crippen LogP contribution in [0.25, 0.3) is 10.9 Å². The van der Waals surface area contributed by atoms with Crippen LogP contribution in [-0.4, -0.2) is 64.5 Å². The van der Waals surface area contributed by atoms with Gasteiger partial charge in [-0.25, -0.2) is 13.6 Å². The first-order chi connectivity index (χ1) is 18.8. The molecule has 0 radical (unpaired) electrons. The molecule has 1 aliphatic carbocycles. The highest BCUT2D eigenvalue weighted by Gasteiger charge is 2.42. The van der Waals surface area contributed by atoms with Gasteiger partial charge in [-0.3, -0.25) is 24.0 Å². The summed E-state index contributed by atoms with van der Waals surface area (Å²) in [6.45, 7) is 2.82. The molecule has 1 atom stereocenters. The SMILES string of the molecule is O=C(NC1CCN(C2CCC3(CC2)OCCO3)C1)c1cc(Cn2c(=O)[nH]c(=O)c3cc(F)ccc32)ccc1F. The van der Waals surface area contributed by atoms with Gasteiger partial charge in [0.05, 0.1) is 36.2 Å². The first kappa shape index (κ1) is 25.8. The molecule has 3 heterocycles. The maximum absolute atomic E-state index is 14.7. The largest absolute Gasteiger partial charge is 0.348 e. The van der Waals surface area contributed by atoms with E-state index in [4.69, 9.17) is 9.47 Å². The molecule has 2 aromatic carbocycles. The summed E-state index contributed by atoms with van der Waals surface area (Å²) in [4.78, 5) is 42.3. The molecule has 1 aromatic heterocycles. The number of hydrogen-bond donors (Lipinski definition) is 2. The topological polar surface area (TPSA) is 106 Å². The molecule has 206 valence electrons. The van der Waals surface area contributed by atoms with Crippen molar-refractivity contribution >= 4 is 16.8 Å². The van der Waals surface area contributed by atoms with E-state index in [1.165, 1.54) is 28.8 Å². The fourth-order valence-electron chi connectivity index (χ4n) is 6.14. The third-order valence-electron chi connectivity index (χ3n) is 8.18. The smallest absolute Gasteiger partial charge is 0.329 e. The fourth-order valence-corrected chi connectivity index (χ4v) is 6.14. The summed E-state index contributed by atoms with van der Waals surface area (Å²) in [5, 5.41) is 3.00. The number of aromatic amines is 1.